The number of rotatable bonds is 5. The van der Waals surface area contributed by atoms with Gasteiger partial charge in [0.05, 0.1) is 12.9 Å². The zero-order chi connectivity index (χ0) is 16.7. The Labute approximate surface area is 138 Å². The molecule has 1 aromatic rings. The number of hydrogen-bond acceptors (Lipinski definition) is 4. The topological polar surface area (TPSA) is 66.9 Å². The highest BCUT2D eigenvalue weighted by Crippen LogP contribution is 2.12. The normalized spacial score (nSPS) is 16.8. The van der Waals surface area contributed by atoms with E-state index in [1.807, 2.05) is 30.3 Å². The van der Waals surface area contributed by atoms with E-state index in [0.717, 1.165) is 12.0 Å². The fourth-order valence-electron chi connectivity index (χ4n) is 2.72. The first-order valence-corrected chi connectivity index (χ1v) is 9.48. The van der Waals surface area contributed by atoms with Crippen LogP contribution >= 0.6 is 0 Å². The molecule has 0 atom stereocenters. The fourth-order valence-corrected chi connectivity index (χ4v) is 4.25. The van der Waals surface area contributed by atoms with Crippen LogP contribution < -0.4 is 0 Å². The highest BCUT2D eigenvalue weighted by Gasteiger charge is 2.26. The van der Waals surface area contributed by atoms with Gasteiger partial charge in [0.15, 0.2) is 0 Å². The molecule has 1 amide bonds. The third kappa shape index (κ3) is 5.21. The van der Waals surface area contributed by atoms with E-state index in [1.54, 1.807) is 4.90 Å². The van der Waals surface area contributed by atoms with E-state index in [0.29, 0.717) is 39.0 Å². The van der Waals surface area contributed by atoms with Crippen molar-refractivity contribution in [3.05, 3.63) is 35.9 Å². The first-order chi connectivity index (χ1) is 11.0. The summed E-state index contributed by atoms with van der Waals surface area (Å²) >= 11 is 0. The van der Waals surface area contributed by atoms with Crippen molar-refractivity contribution < 1.29 is 17.9 Å². The van der Waals surface area contributed by atoms with E-state index in [4.69, 9.17) is 4.74 Å². The summed E-state index contributed by atoms with van der Waals surface area (Å²) < 4.78 is 31.1. The molecule has 7 heteroatoms. The number of hydrogen-bond donors (Lipinski definition) is 0. The minimum Gasteiger partial charge on any atom is -0.453 e. The van der Waals surface area contributed by atoms with Crippen LogP contribution in [0.25, 0.3) is 0 Å². The smallest absolute Gasteiger partial charge is 0.409 e. The van der Waals surface area contributed by atoms with Gasteiger partial charge in [-0.3, -0.25) is 0 Å². The largest absolute Gasteiger partial charge is 0.453 e. The molecule has 0 unspecified atom stereocenters. The van der Waals surface area contributed by atoms with Crippen LogP contribution in [-0.2, 0) is 21.2 Å². The summed E-state index contributed by atoms with van der Waals surface area (Å²) in [6, 6.07) is 9.88. The summed E-state index contributed by atoms with van der Waals surface area (Å²) in [4.78, 5) is 13.1. The number of ether oxygens (including phenoxy) is 1. The first kappa shape index (κ1) is 17.7. The molecule has 0 spiro atoms. The Bertz CT molecular complexity index is 604. The minimum atomic E-state index is -3.28. The van der Waals surface area contributed by atoms with Gasteiger partial charge in [0.25, 0.3) is 0 Å². The van der Waals surface area contributed by atoms with Crippen molar-refractivity contribution in [3.63, 3.8) is 0 Å². The Morgan fingerprint density at radius 1 is 1.13 bits per heavy atom. The monoisotopic (exact) mass is 340 g/mol. The summed E-state index contributed by atoms with van der Waals surface area (Å²) in [5.41, 5.74) is 1.15. The zero-order valence-electron chi connectivity index (χ0n) is 13.5. The lowest BCUT2D eigenvalue weighted by molar-refractivity contribution is 0.126. The summed E-state index contributed by atoms with van der Waals surface area (Å²) in [6.07, 6.45) is 1.59. The lowest BCUT2D eigenvalue weighted by atomic mass is 10.1. The number of amides is 1. The molecule has 0 radical (unpaired) electrons. The molecule has 0 saturated carbocycles. The van der Waals surface area contributed by atoms with E-state index < -0.39 is 16.1 Å². The van der Waals surface area contributed by atoms with E-state index in [2.05, 4.69) is 0 Å². The maximum Gasteiger partial charge on any atom is 0.409 e. The van der Waals surface area contributed by atoms with Crippen LogP contribution in [0.4, 0.5) is 4.79 Å². The third-order valence-electron chi connectivity index (χ3n) is 3.99. The van der Waals surface area contributed by atoms with Crippen LogP contribution in [0.2, 0.25) is 0 Å². The predicted molar refractivity (Wildman–Crippen MR) is 88.7 cm³/mol. The zero-order valence-corrected chi connectivity index (χ0v) is 14.3. The van der Waals surface area contributed by atoms with Gasteiger partial charge < -0.3 is 9.64 Å². The average Bonchev–Trinajstić information content (AvgIpc) is 2.81. The standard InChI is InChI=1S/C16H24N2O4S/c1-22-16(19)17-10-6-11-18(13-12-17)23(20,21)14-5-9-15-7-3-2-4-8-15/h2-4,7-8H,5-6,9-14H2,1H3. The highest BCUT2D eigenvalue weighted by atomic mass is 32.2. The Morgan fingerprint density at radius 2 is 1.87 bits per heavy atom. The van der Waals surface area contributed by atoms with Gasteiger partial charge >= 0.3 is 6.09 Å². The molecule has 1 aliphatic rings. The van der Waals surface area contributed by atoms with Crippen molar-refractivity contribution in [2.24, 2.45) is 0 Å². The number of methoxy groups -OCH3 is 1. The molecule has 1 heterocycles. The minimum absolute atomic E-state index is 0.139. The van der Waals surface area contributed by atoms with Crippen LogP contribution in [0, 0.1) is 0 Å². The van der Waals surface area contributed by atoms with E-state index in [1.165, 1.54) is 11.4 Å². The lowest BCUT2D eigenvalue weighted by Crippen LogP contribution is -2.38. The fraction of sp³-hybridized carbons (Fsp3) is 0.562. The molecule has 0 N–H and O–H groups in total. The summed E-state index contributed by atoms with van der Waals surface area (Å²) in [5, 5.41) is 0. The molecule has 2 rings (SSSR count). The van der Waals surface area contributed by atoms with Crippen molar-refractivity contribution in [2.45, 2.75) is 19.3 Å². The van der Waals surface area contributed by atoms with Crippen molar-refractivity contribution >= 4 is 16.1 Å². The molecule has 0 bridgehead atoms. The van der Waals surface area contributed by atoms with Crippen molar-refractivity contribution in [2.75, 3.05) is 39.0 Å². The van der Waals surface area contributed by atoms with Crippen LogP contribution in [0.15, 0.2) is 30.3 Å². The van der Waals surface area contributed by atoms with Gasteiger partial charge in [-0.05, 0) is 24.8 Å². The average molecular weight is 340 g/mol. The molecule has 128 valence electrons. The molecular formula is C16H24N2O4S. The van der Waals surface area contributed by atoms with Gasteiger partial charge in [-0.2, -0.15) is 0 Å². The second-order valence-corrected chi connectivity index (χ2v) is 7.70. The van der Waals surface area contributed by atoms with Crippen molar-refractivity contribution in [3.8, 4) is 0 Å². The van der Waals surface area contributed by atoms with Gasteiger partial charge in [-0.25, -0.2) is 17.5 Å². The number of carbonyl (C=O) groups is 1. The maximum atomic E-state index is 12.5. The van der Waals surface area contributed by atoms with Crippen LogP contribution in [0.5, 0.6) is 0 Å². The summed E-state index contributed by atoms with van der Waals surface area (Å²) in [7, 11) is -1.94. The van der Waals surface area contributed by atoms with E-state index >= 15 is 0 Å². The molecule has 1 fully saturated rings. The molecular weight excluding hydrogens is 316 g/mol. The second kappa shape index (κ2) is 8.31. The van der Waals surface area contributed by atoms with Gasteiger partial charge in [0, 0.05) is 26.2 Å². The number of benzene rings is 1. The van der Waals surface area contributed by atoms with Crippen molar-refractivity contribution in [1.29, 1.82) is 0 Å². The Hall–Kier alpha value is -1.60. The van der Waals surface area contributed by atoms with E-state index in [9.17, 15) is 13.2 Å². The molecule has 0 aromatic heterocycles. The lowest BCUT2D eigenvalue weighted by Gasteiger charge is -2.21. The van der Waals surface area contributed by atoms with E-state index in [-0.39, 0.29) is 5.75 Å². The molecule has 0 aliphatic carbocycles. The highest BCUT2D eigenvalue weighted by molar-refractivity contribution is 7.89. The quantitative estimate of drug-likeness (QED) is 0.819. The first-order valence-electron chi connectivity index (χ1n) is 7.87. The third-order valence-corrected chi connectivity index (χ3v) is 5.95. The van der Waals surface area contributed by atoms with Crippen LogP contribution in [-0.4, -0.2) is 62.8 Å². The molecule has 23 heavy (non-hydrogen) atoms. The Morgan fingerprint density at radius 3 is 2.57 bits per heavy atom. The summed E-state index contributed by atoms with van der Waals surface area (Å²) in [6.45, 7) is 1.71. The van der Waals surface area contributed by atoms with Crippen LogP contribution in [0.1, 0.15) is 18.4 Å². The van der Waals surface area contributed by atoms with Gasteiger partial charge in [-0.1, -0.05) is 30.3 Å². The SMILES string of the molecule is COC(=O)N1CCCN(S(=O)(=O)CCCc2ccccc2)CC1. The molecule has 1 saturated heterocycles. The molecule has 6 nitrogen and oxygen atoms in total. The maximum absolute atomic E-state index is 12.5. The number of sulfonamides is 1. The van der Waals surface area contributed by atoms with Crippen molar-refractivity contribution in [1.82, 2.24) is 9.21 Å². The van der Waals surface area contributed by atoms with Gasteiger partial charge in [-0.15, -0.1) is 0 Å². The van der Waals surface area contributed by atoms with Gasteiger partial charge in [0.2, 0.25) is 10.0 Å². The second-order valence-electron chi connectivity index (χ2n) is 5.61. The van der Waals surface area contributed by atoms with Crippen LogP contribution in [0.3, 0.4) is 0 Å². The molecule has 1 aliphatic heterocycles. The Balaban J connectivity index is 1.85. The summed E-state index contributed by atoms with van der Waals surface area (Å²) in [5.74, 6) is 0.139. The number of nitrogens with zero attached hydrogens (tertiary/aromatic N) is 2. The predicted octanol–water partition coefficient (Wildman–Crippen LogP) is 1.72. The Kier molecular flexibility index (Phi) is 6.41. The number of carbonyl (C=O) groups excluding carboxylic acids is 1. The van der Waals surface area contributed by atoms with Gasteiger partial charge in [0.1, 0.15) is 0 Å². The number of aryl methyl sites for hydroxylation is 1. The molecule has 1 aromatic carbocycles.